The Kier molecular flexibility index (Phi) is 3.14. The third kappa shape index (κ3) is 2.25. The molecule has 102 valence electrons. The van der Waals surface area contributed by atoms with Crippen molar-refractivity contribution in [1.29, 1.82) is 0 Å². The summed E-state index contributed by atoms with van der Waals surface area (Å²) in [5.74, 6) is 0.543. The molecule has 0 saturated carbocycles. The van der Waals surface area contributed by atoms with Gasteiger partial charge in [0.1, 0.15) is 0 Å². The Balaban J connectivity index is 1.66. The van der Waals surface area contributed by atoms with Crippen LogP contribution in [0, 0.1) is 17.0 Å². The molecule has 0 radical (unpaired) electrons. The molecule has 0 fully saturated rings. The molecule has 0 bridgehead atoms. The van der Waals surface area contributed by atoms with E-state index in [1.165, 1.54) is 11.1 Å². The molecule has 1 aliphatic carbocycles. The topological polar surface area (TPSA) is 55.2 Å². The van der Waals surface area contributed by atoms with Gasteiger partial charge in [0.25, 0.3) is 5.69 Å². The Labute approximate surface area is 117 Å². The highest BCUT2D eigenvalue weighted by Gasteiger charge is 2.24. The molecule has 4 heteroatoms. The van der Waals surface area contributed by atoms with E-state index in [1.54, 1.807) is 19.1 Å². The van der Waals surface area contributed by atoms with E-state index in [1.807, 2.05) is 6.07 Å². The van der Waals surface area contributed by atoms with Crippen LogP contribution in [0.5, 0.6) is 0 Å². The molecule has 0 saturated heterocycles. The number of aryl methyl sites for hydroxylation is 1. The molecule has 1 unspecified atom stereocenters. The van der Waals surface area contributed by atoms with Crippen LogP contribution < -0.4 is 5.32 Å². The Bertz CT molecular complexity index is 667. The number of hydrogen-bond acceptors (Lipinski definition) is 3. The van der Waals surface area contributed by atoms with Crippen LogP contribution in [-0.2, 0) is 6.42 Å². The third-order valence-corrected chi connectivity index (χ3v) is 3.91. The second kappa shape index (κ2) is 4.96. The van der Waals surface area contributed by atoms with Gasteiger partial charge >= 0.3 is 0 Å². The minimum atomic E-state index is -0.346. The number of hydrogen-bond donors (Lipinski definition) is 1. The van der Waals surface area contributed by atoms with Gasteiger partial charge < -0.3 is 5.32 Å². The van der Waals surface area contributed by atoms with E-state index < -0.39 is 0 Å². The first-order valence-corrected chi connectivity index (χ1v) is 6.72. The highest BCUT2D eigenvalue weighted by molar-refractivity contribution is 5.54. The van der Waals surface area contributed by atoms with Gasteiger partial charge in [-0.25, -0.2) is 0 Å². The molecule has 0 spiro atoms. The molecular weight excluding hydrogens is 252 g/mol. The van der Waals surface area contributed by atoms with Crippen LogP contribution in [0.1, 0.15) is 22.6 Å². The smallest absolute Gasteiger partial charge is 0.272 e. The summed E-state index contributed by atoms with van der Waals surface area (Å²) in [5.41, 5.74) is 4.65. The Hall–Kier alpha value is -2.36. The summed E-state index contributed by atoms with van der Waals surface area (Å²) in [6.07, 6.45) is 1.11. The number of rotatable bonds is 4. The molecule has 20 heavy (non-hydrogen) atoms. The maximum Gasteiger partial charge on any atom is 0.272 e. The fourth-order valence-electron chi connectivity index (χ4n) is 2.76. The summed E-state index contributed by atoms with van der Waals surface area (Å²) in [6, 6.07) is 13.7. The van der Waals surface area contributed by atoms with E-state index in [4.69, 9.17) is 0 Å². The monoisotopic (exact) mass is 268 g/mol. The van der Waals surface area contributed by atoms with E-state index in [9.17, 15) is 10.1 Å². The lowest BCUT2D eigenvalue weighted by molar-refractivity contribution is -0.385. The van der Waals surface area contributed by atoms with Gasteiger partial charge in [-0.1, -0.05) is 24.3 Å². The lowest BCUT2D eigenvalue weighted by Crippen LogP contribution is -2.24. The summed E-state index contributed by atoms with van der Waals surface area (Å²) in [7, 11) is 0. The second-order valence-electron chi connectivity index (χ2n) is 5.24. The first-order valence-electron chi connectivity index (χ1n) is 6.72. The molecule has 3 rings (SSSR count). The van der Waals surface area contributed by atoms with Crippen molar-refractivity contribution in [3.8, 4) is 0 Å². The number of anilines is 1. The number of nitro groups is 1. The average molecular weight is 268 g/mol. The highest BCUT2D eigenvalue weighted by atomic mass is 16.6. The van der Waals surface area contributed by atoms with E-state index in [2.05, 4.69) is 29.6 Å². The Morgan fingerprint density at radius 3 is 2.80 bits per heavy atom. The Morgan fingerprint density at radius 1 is 1.30 bits per heavy atom. The molecular formula is C16H16N2O2. The molecule has 1 N–H and O–H groups in total. The van der Waals surface area contributed by atoms with Crippen molar-refractivity contribution in [2.45, 2.75) is 19.3 Å². The largest absolute Gasteiger partial charge is 0.384 e. The number of benzene rings is 2. The van der Waals surface area contributed by atoms with Crippen molar-refractivity contribution in [3.63, 3.8) is 0 Å². The summed E-state index contributed by atoms with van der Waals surface area (Å²) in [5, 5.41) is 14.1. The number of fused-ring (bicyclic) bond motifs is 1. The second-order valence-corrected chi connectivity index (χ2v) is 5.24. The number of nitrogens with zero attached hydrogens (tertiary/aromatic N) is 1. The predicted octanol–water partition coefficient (Wildman–Crippen LogP) is 3.66. The van der Waals surface area contributed by atoms with E-state index >= 15 is 0 Å². The zero-order valence-electron chi connectivity index (χ0n) is 11.3. The van der Waals surface area contributed by atoms with Gasteiger partial charge in [0.2, 0.25) is 0 Å². The lowest BCUT2D eigenvalue weighted by Gasteiger charge is -2.30. The van der Waals surface area contributed by atoms with Crippen LogP contribution in [0.15, 0.2) is 42.5 Å². The highest BCUT2D eigenvalue weighted by Crippen LogP contribution is 2.35. The maximum absolute atomic E-state index is 10.8. The van der Waals surface area contributed by atoms with Crippen LogP contribution in [0.25, 0.3) is 0 Å². The van der Waals surface area contributed by atoms with Gasteiger partial charge in [0.05, 0.1) is 4.92 Å². The van der Waals surface area contributed by atoms with Gasteiger partial charge in [0, 0.05) is 29.8 Å². The van der Waals surface area contributed by atoms with Crippen molar-refractivity contribution in [2.24, 2.45) is 0 Å². The molecule has 2 aromatic carbocycles. The molecule has 0 aromatic heterocycles. The SMILES string of the molecule is Cc1cc(NCC2Cc3ccccc32)ccc1[N+](=O)[O-]. The van der Waals surface area contributed by atoms with Crippen LogP contribution >= 0.6 is 0 Å². The van der Waals surface area contributed by atoms with Gasteiger partial charge in [-0.15, -0.1) is 0 Å². The molecule has 0 heterocycles. The van der Waals surface area contributed by atoms with Gasteiger partial charge in [-0.3, -0.25) is 10.1 Å². The summed E-state index contributed by atoms with van der Waals surface area (Å²) in [6.45, 7) is 2.64. The Morgan fingerprint density at radius 2 is 2.10 bits per heavy atom. The predicted molar refractivity (Wildman–Crippen MR) is 79.2 cm³/mol. The number of nitrogens with one attached hydrogen (secondary N) is 1. The molecule has 1 aliphatic rings. The van der Waals surface area contributed by atoms with Crippen molar-refractivity contribution in [3.05, 3.63) is 69.3 Å². The first kappa shape index (κ1) is 12.7. The van der Waals surface area contributed by atoms with Gasteiger partial charge in [-0.2, -0.15) is 0 Å². The van der Waals surface area contributed by atoms with Crippen molar-refractivity contribution < 1.29 is 4.92 Å². The van der Waals surface area contributed by atoms with Crippen molar-refractivity contribution >= 4 is 11.4 Å². The molecule has 2 aromatic rings. The van der Waals surface area contributed by atoms with Crippen LogP contribution in [0.3, 0.4) is 0 Å². The molecule has 0 amide bonds. The fourth-order valence-corrected chi connectivity index (χ4v) is 2.76. The lowest BCUT2D eigenvalue weighted by atomic mass is 9.77. The van der Waals surface area contributed by atoms with E-state index in [0.29, 0.717) is 11.5 Å². The van der Waals surface area contributed by atoms with Crippen molar-refractivity contribution in [2.75, 3.05) is 11.9 Å². The van der Waals surface area contributed by atoms with Crippen LogP contribution in [0.2, 0.25) is 0 Å². The zero-order chi connectivity index (χ0) is 14.1. The number of nitro benzene ring substituents is 1. The molecule has 0 aliphatic heterocycles. The average Bonchev–Trinajstić information content (AvgIpc) is 2.39. The summed E-state index contributed by atoms with van der Waals surface area (Å²) >= 11 is 0. The van der Waals surface area contributed by atoms with Crippen molar-refractivity contribution in [1.82, 2.24) is 0 Å². The quantitative estimate of drug-likeness (QED) is 0.680. The maximum atomic E-state index is 10.8. The van der Waals surface area contributed by atoms with E-state index in [-0.39, 0.29) is 10.6 Å². The molecule has 4 nitrogen and oxygen atoms in total. The zero-order valence-corrected chi connectivity index (χ0v) is 11.3. The standard InChI is InChI=1S/C16H16N2O2/c1-11-8-14(6-7-16(11)18(19)20)17-10-13-9-12-4-2-3-5-15(12)13/h2-8,13,17H,9-10H2,1H3. The van der Waals surface area contributed by atoms with Crippen LogP contribution in [-0.4, -0.2) is 11.5 Å². The third-order valence-electron chi connectivity index (χ3n) is 3.91. The minimum absolute atomic E-state index is 0.171. The van der Waals surface area contributed by atoms with Gasteiger partial charge in [0.15, 0.2) is 0 Å². The summed E-state index contributed by atoms with van der Waals surface area (Å²) < 4.78 is 0. The van der Waals surface area contributed by atoms with E-state index in [0.717, 1.165) is 18.7 Å². The fraction of sp³-hybridized carbons (Fsp3) is 0.250. The van der Waals surface area contributed by atoms with Gasteiger partial charge in [-0.05, 0) is 36.6 Å². The van der Waals surface area contributed by atoms with Crippen LogP contribution in [0.4, 0.5) is 11.4 Å². The minimum Gasteiger partial charge on any atom is -0.384 e. The molecule has 1 atom stereocenters. The normalized spacial score (nSPS) is 16.1. The summed E-state index contributed by atoms with van der Waals surface area (Å²) in [4.78, 5) is 10.4. The first-order chi connectivity index (χ1) is 9.65.